The van der Waals surface area contributed by atoms with E-state index in [1.807, 2.05) is 30.3 Å². The number of amidine groups is 1. The van der Waals surface area contributed by atoms with Crippen molar-refractivity contribution < 1.29 is 9.53 Å². The molecule has 186 valence electrons. The summed E-state index contributed by atoms with van der Waals surface area (Å²) in [5, 5.41) is 7.76. The number of carbonyl (C=O) groups excluding carboxylic acids is 1. The molecule has 3 aromatic carbocycles. The number of rotatable bonds is 6. The van der Waals surface area contributed by atoms with Crippen molar-refractivity contribution in [2.24, 2.45) is 5.73 Å². The van der Waals surface area contributed by atoms with Crippen LogP contribution in [0.3, 0.4) is 0 Å². The molecule has 0 radical (unpaired) electrons. The number of amides is 1. The summed E-state index contributed by atoms with van der Waals surface area (Å²) in [6.45, 7) is 6.07. The maximum absolute atomic E-state index is 13.7. The van der Waals surface area contributed by atoms with Gasteiger partial charge in [0.05, 0.1) is 12.2 Å². The van der Waals surface area contributed by atoms with Gasteiger partial charge in [-0.25, -0.2) is 0 Å². The SMILES string of the molecule is CC1CCCC(C)N1Cc1ccc(CN2C(=O)C(c3cccc(C(=N)N)c3)Oc3ccccc32)cc1. The van der Waals surface area contributed by atoms with Gasteiger partial charge in [-0.2, -0.15) is 0 Å². The van der Waals surface area contributed by atoms with Crippen molar-refractivity contribution in [3.8, 4) is 5.75 Å². The van der Waals surface area contributed by atoms with E-state index >= 15 is 0 Å². The number of likely N-dealkylation sites (tertiary alicyclic amines) is 1. The fourth-order valence-electron chi connectivity index (χ4n) is 5.39. The Morgan fingerprint density at radius 1 is 0.944 bits per heavy atom. The topological polar surface area (TPSA) is 82.7 Å². The molecule has 2 aliphatic rings. The zero-order valence-corrected chi connectivity index (χ0v) is 21.0. The summed E-state index contributed by atoms with van der Waals surface area (Å²) in [6, 6.07) is 24.7. The van der Waals surface area contributed by atoms with E-state index in [2.05, 4.69) is 43.0 Å². The van der Waals surface area contributed by atoms with Crippen LogP contribution in [0.5, 0.6) is 5.75 Å². The second-order valence-electron chi connectivity index (χ2n) is 10.0. The number of piperidine rings is 1. The monoisotopic (exact) mass is 482 g/mol. The Labute approximate surface area is 213 Å². The number of hydrogen-bond donors (Lipinski definition) is 2. The maximum Gasteiger partial charge on any atom is 0.273 e. The van der Waals surface area contributed by atoms with Crippen molar-refractivity contribution in [2.75, 3.05) is 4.90 Å². The van der Waals surface area contributed by atoms with Crippen LogP contribution in [0, 0.1) is 5.41 Å². The number of fused-ring (bicyclic) bond motifs is 1. The number of hydrogen-bond acceptors (Lipinski definition) is 4. The number of benzene rings is 3. The molecule has 1 saturated heterocycles. The van der Waals surface area contributed by atoms with E-state index in [4.69, 9.17) is 15.9 Å². The number of nitrogens with zero attached hydrogens (tertiary/aromatic N) is 2. The molecule has 3 aromatic rings. The molecular formula is C30H34N4O2. The lowest BCUT2D eigenvalue weighted by Crippen LogP contribution is -2.42. The van der Waals surface area contributed by atoms with Crippen molar-refractivity contribution >= 4 is 17.4 Å². The summed E-state index contributed by atoms with van der Waals surface area (Å²) < 4.78 is 6.15. The molecule has 1 amide bonds. The van der Waals surface area contributed by atoms with Crippen LogP contribution in [0.25, 0.3) is 0 Å². The van der Waals surface area contributed by atoms with Crippen LogP contribution < -0.4 is 15.4 Å². The molecular weight excluding hydrogens is 448 g/mol. The lowest BCUT2D eigenvalue weighted by Gasteiger charge is -2.39. The first-order valence-corrected chi connectivity index (χ1v) is 12.8. The molecule has 6 heteroatoms. The molecule has 6 nitrogen and oxygen atoms in total. The zero-order chi connectivity index (χ0) is 25.2. The molecule has 0 aromatic heterocycles. The smallest absolute Gasteiger partial charge is 0.273 e. The summed E-state index contributed by atoms with van der Waals surface area (Å²) in [6.07, 6.45) is 3.04. The van der Waals surface area contributed by atoms with E-state index in [-0.39, 0.29) is 11.7 Å². The third-order valence-corrected chi connectivity index (χ3v) is 7.50. The highest BCUT2D eigenvalue weighted by Crippen LogP contribution is 2.39. The number of para-hydroxylation sites is 2. The van der Waals surface area contributed by atoms with E-state index in [1.54, 1.807) is 23.1 Å². The normalized spacial score (nSPS) is 22.1. The van der Waals surface area contributed by atoms with Crippen molar-refractivity contribution in [1.29, 1.82) is 5.41 Å². The van der Waals surface area contributed by atoms with Crippen LogP contribution in [0.4, 0.5) is 5.69 Å². The fourth-order valence-corrected chi connectivity index (χ4v) is 5.39. The molecule has 5 rings (SSSR count). The van der Waals surface area contributed by atoms with Gasteiger partial charge in [0, 0.05) is 29.8 Å². The van der Waals surface area contributed by atoms with Crippen LogP contribution in [0.2, 0.25) is 0 Å². The third kappa shape index (κ3) is 4.86. The molecule has 1 fully saturated rings. The summed E-state index contributed by atoms with van der Waals surface area (Å²) in [7, 11) is 0. The molecule has 0 bridgehead atoms. The minimum Gasteiger partial charge on any atom is -0.474 e. The van der Waals surface area contributed by atoms with Crippen LogP contribution in [0.1, 0.15) is 61.5 Å². The average molecular weight is 483 g/mol. The minimum absolute atomic E-state index is 0.0363. The van der Waals surface area contributed by atoms with Crippen molar-refractivity contribution in [2.45, 2.75) is 64.4 Å². The maximum atomic E-state index is 13.7. The molecule has 0 aliphatic carbocycles. The van der Waals surface area contributed by atoms with E-state index in [1.165, 1.54) is 24.8 Å². The molecule has 3 unspecified atom stereocenters. The second kappa shape index (κ2) is 10.2. The van der Waals surface area contributed by atoms with Crippen LogP contribution in [-0.2, 0) is 17.9 Å². The summed E-state index contributed by atoms with van der Waals surface area (Å²) in [5.74, 6) is 0.500. The van der Waals surface area contributed by atoms with Crippen molar-refractivity contribution in [1.82, 2.24) is 4.90 Å². The van der Waals surface area contributed by atoms with Gasteiger partial charge in [-0.15, -0.1) is 0 Å². The molecule has 2 aliphatic heterocycles. The highest BCUT2D eigenvalue weighted by atomic mass is 16.5. The first kappa shape index (κ1) is 24.1. The van der Waals surface area contributed by atoms with Gasteiger partial charge < -0.3 is 15.4 Å². The van der Waals surface area contributed by atoms with Gasteiger partial charge in [-0.3, -0.25) is 15.1 Å². The number of nitrogens with two attached hydrogens (primary N) is 1. The molecule has 0 spiro atoms. The molecule has 36 heavy (non-hydrogen) atoms. The van der Waals surface area contributed by atoms with Gasteiger partial charge >= 0.3 is 0 Å². The van der Waals surface area contributed by atoms with Crippen molar-refractivity contribution in [3.63, 3.8) is 0 Å². The molecule has 0 saturated carbocycles. The molecule has 3 N–H and O–H groups in total. The van der Waals surface area contributed by atoms with Crippen molar-refractivity contribution in [3.05, 3.63) is 95.1 Å². The van der Waals surface area contributed by atoms with Gasteiger partial charge in [0.25, 0.3) is 5.91 Å². The Morgan fingerprint density at radius 2 is 1.61 bits per heavy atom. The van der Waals surface area contributed by atoms with Gasteiger partial charge in [0.2, 0.25) is 6.10 Å². The first-order valence-electron chi connectivity index (χ1n) is 12.8. The Balaban J connectivity index is 1.38. The van der Waals surface area contributed by atoms with E-state index in [0.717, 1.165) is 17.8 Å². The molecule has 3 atom stereocenters. The predicted octanol–water partition coefficient (Wildman–Crippen LogP) is 5.40. The zero-order valence-electron chi connectivity index (χ0n) is 21.0. The quantitative estimate of drug-likeness (QED) is 0.364. The van der Waals surface area contributed by atoms with Crippen LogP contribution in [0.15, 0.2) is 72.8 Å². The Hall–Kier alpha value is -3.64. The van der Waals surface area contributed by atoms with E-state index in [9.17, 15) is 4.79 Å². The summed E-state index contributed by atoms with van der Waals surface area (Å²) in [5.41, 5.74) is 10.1. The second-order valence-corrected chi connectivity index (χ2v) is 10.0. The van der Waals surface area contributed by atoms with Crippen LogP contribution in [-0.4, -0.2) is 28.7 Å². The summed E-state index contributed by atoms with van der Waals surface area (Å²) >= 11 is 0. The first-order chi connectivity index (χ1) is 17.4. The summed E-state index contributed by atoms with van der Waals surface area (Å²) in [4.78, 5) is 18.1. The number of nitrogens with one attached hydrogen (secondary N) is 1. The minimum atomic E-state index is -0.791. The lowest BCUT2D eigenvalue weighted by molar-refractivity contribution is -0.126. The van der Waals surface area contributed by atoms with Gasteiger partial charge in [-0.1, -0.05) is 61.0 Å². The standard InChI is InChI=1S/C30H34N4O2/c1-20-7-5-8-21(2)33(20)18-22-13-15-23(16-14-22)19-34-26-11-3-4-12-27(26)36-28(30(34)35)24-9-6-10-25(17-24)29(31)32/h3-4,6,9-17,20-21,28H,5,7-8,18-19H2,1-2H3,(H3,31,32). The number of nitrogen functional groups attached to an aromatic ring is 1. The van der Waals surface area contributed by atoms with Crippen LogP contribution >= 0.6 is 0 Å². The molecule has 2 heterocycles. The number of carbonyl (C=O) groups is 1. The average Bonchev–Trinajstić information content (AvgIpc) is 2.89. The lowest BCUT2D eigenvalue weighted by atomic mass is 9.96. The Bertz CT molecular complexity index is 1250. The Kier molecular flexibility index (Phi) is 6.79. The van der Waals surface area contributed by atoms with E-state index in [0.29, 0.717) is 35.5 Å². The van der Waals surface area contributed by atoms with E-state index < -0.39 is 6.10 Å². The largest absolute Gasteiger partial charge is 0.474 e. The highest BCUT2D eigenvalue weighted by Gasteiger charge is 2.35. The predicted molar refractivity (Wildman–Crippen MR) is 143 cm³/mol. The van der Waals surface area contributed by atoms with Gasteiger partial charge in [0.1, 0.15) is 11.6 Å². The van der Waals surface area contributed by atoms with Gasteiger partial charge in [0.15, 0.2) is 0 Å². The van der Waals surface area contributed by atoms with Gasteiger partial charge in [-0.05, 0) is 56.0 Å². The third-order valence-electron chi connectivity index (χ3n) is 7.50. The number of anilines is 1. The fraction of sp³-hybridized carbons (Fsp3) is 0.333. The highest BCUT2D eigenvalue weighted by molar-refractivity contribution is 6.01. The Morgan fingerprint density at radius 3 is 2.31 bits per heavy atom. The number of ether oxygens (including phenoxy) is 1.